The maximum atomic E-state index is 12.3. The third kappa shape index (κ3) is 4.25. The lowest BCUT2D eigenvalue weighted by atomic mass is 10.1. The summed E-state index contributed by atoms with van der Waals surface area (Å²) in [6, 6.07) is 13.6. The Hall–Kier alpha value is -2.53. The number of carbonyl (C=O) groups is 1. The highest BCUT2D eigenvalue weighted by molar-refractivity contribution is 6.33. The number of piperidine rings is 1. The molecule has 2 N–H and O–H groups in total. The summed E-state index contributed by atoms with van der Waals surface area (Å²) in [7, 11) is 0. The molecule has 1 fully saturated rings. The van der Waals surface area contributed by atoms with Gasteiger partial charge in [-0.15, -0.1) is 0 Å². The van der Waals surface area contributed by atoms with E-state index in [0.29, 0.717) is 17.9 Å². The summed E-state index contributed by atoms with van der Waals surface area (Å²) in [4.78, 5) is 22.4. The molecular weight excluding hydrogens is 360 g/mol. The van der Waals surface area contributed by atoms with Crippen molar-refractivity contribution in [2.45, 2.75) is 32.1 Å². The van der Waals surface area contributed by atoms with Gasteiger partial charge in [0.25, 0.3) is 0 Å². The average Bonchev–Trinajstić information content (AvgIpc) is 3.10. The van der Waals surface area contributed by atoms with E-state index in [1.807, 2.05) is 42.5 Å². The number of nitrogens with one attached hydrogen (secondary N) is 2. The standard InChI is InChI=1S/C21H23ClN4O/c22-16-14-15(8-9-19(16)26-12-4-1-5-13-26)23-21(27)11-10-20-24-17-6-2-3-7-18(17)25-20/h2-3,6-9,14H,1,4-5,10-13H2,(H,23,27)(H,24,25). The van der Waals surface area contributed by atoms with Gasteiger partial charge in [0.15, 0.2) is 0 Å². The lowest BCUT2D eigenvalue weighted by molar-refractivity contribution is -0.116. The van der Waals surface area contributed by atoms with Crippen LogP contribution in [0.1, 0.15) is 31.5 Å². The first kappa shape index (κ1) is 17.9. The van der Waals surface area contributed by atoms with Gasteiger partial charge in [0.05, 0.1) is 21.7 Å². The van der Waals surface area contributed by atoms with Crippen molar-refractivity contribution in [3.8, 4) is 0 Å². The molecule has 1 aliphatic rings. The number of rotatable bonds is 5. The number of benzene rings is 2. The van der Waals surface area contributed by atoms with E-state index in [1.54, 1.807) is 0 Å². The normalized spacial score (nSPS) is 14.5. The number of fused-ring (bicyclic) bond motifs is 1. The van der Waals surface area contributed by atoms with Crippen molar-refractivity contribution in [3.05, 3.63) is 53.3 Å². The number of aryl methyl sites for hydroxylation is 1. The number of halogens is 1. The molecular formula is C21H23ClN4O. The first-order valence-corrected chi connectivity index (χ1v) is 9.85. The van der Waals surface area contributed by atoms with Gasteiger partial charge in [0, 0.05) is 31.6 Å². The molecule has 27 heavy (non-hydrogen) atoms. The molecule has 1 aromatic heterocycles. The minimum Gasteiger partial charge on any atom is -0.370 e. The van der Waals surface area contributed by atoms with Crippen LogP contribution in [0.2, 0.25) is 5.02 Å². The van der Waals surface area contributed by atoms with Gasteiger partial charge in [0.2, 0.25) is 5.91 Å². The van der Waals surface area contributed by atoms with Crippen molar-refractivity contribution in [2.75, 3.05) is 23.3 Å². The van der Waals surface area contributed by atoms with Gasteiger partial charge in [0.1, 0.15) is 5.82 Å². The number of aromatic nitrogens is 2. The Bertz CT molecular complexity index is 913. The van der Waals surface area contributed by atoms with Gasteiger partial charge in [-0.1, -0.05) is 23.7 Å². The largest absolute Gasteiger partial charge is 0.370 e. The highest BCUT2D eigenvalue weighted by atomic mass is 35.5. The highest BCUT2D eigenvalue weighted by Crippen LogP contribution is 2.30. The molecule has 1 saturated heterocycles. The fourth-order valence-electron chi connectivity index (χ4n) is 3.56. The predicted molar refractivity (Wildman–Crippen MR) is 111 cm³/mol. The number of anilines is 2. The summed E-state index contributed by atoms with van der Waals surface area (Å²) in [5, 5.41) is 3.62. The first-order chi connectivity index (χ1) is 13.2. The zero-order chi connectivity index (χ0) is 18.6. The fourth-order valence-corrected chi connectivity index (χ4v) is 3.86. The molecule has 1 aliphatic heterocycles. The van der Waals surface area contributed by atoms with E-state index in [-0.39, 0.29) is 5.91 Å². The maximum absolute atomic E-state index is 12.3. The SMILES string of the molecule is O=C(CCc1nc2ccccc2[nH]1)Nc1ccc(N2CCCCC2)c(Cl)c1. The smallest absolute Gasteiger partial charge is 0.224 e. The zero-order valence-electron chi connectivity index (χ0n) is 15.2. The van der Waals surface area contributed by atoms with Gasteiger partial charge < -0.3 is 15.2 Å². The van der Waals surface area contributed by atoms with Gasteiger partial charge >= 0.3 is 0 Å². The Morgan fingerprint density at radius 1 is 1.15 bits per heavy atom. The number of nitrogens with zero attached hydrogens (tertiary/aromatic N) is 2. The second-order valence-electron chi connectivity index (χ2n) is 6.96. The second-order valence-corrected chi connectivity index (χ2v) is 7.37. The van der Waals surface area contributed by atoms with E-state index in [9.17, 15) is 4.79 Å². The molecule has 140 valence electrons. The molecule has 0 aliphatic carbocycles. The van der Waals surface area contributed by atoms with E-state index < -0.39 is 0 Å². The molecule has 5 nitrogen and oxygen atoms in total. The topological polar surface area (TPSA) is 61.0 Å². The van der Waals surface area contributed by atoms with E-state index in [1.165, 1.54) is 19.3 Å². The Labute approximate surface area is 163 Å². The van der Waals surface area contributed by atoms with Crippen molar-refractivity contribution in [1.82, 2.24) is 9.97 Å². The molecule has 0 radical (unpaired) electrons. The van der Waals surface area contributed by atoms with Crippen molar-refractivity contribution in [3.63, 3.8) is 0 Å². The molecule has 0 bridgehead atoms. The molecule has 2 heterocycles. The molecule has 0 saturated carbocycles. The van der Waals surface area contributed by atoms with Crippen LogP contribution in [0.5, 0.6) is 0 Å². The summed E-state index contributed by atoms with van der Waals surface area (Å²) in [5.74, 6) is 0.780. The summed E-state index contributed by atoms with van der Waals surface area (Å²) >= 11 is 6.46. The number of amides is 1. The minimum atomic E-state index is -0.0442. The molecule has 4 rings (SSSR count). The molecule has 1 amide bonds. The number of hydrogen-bond acceptors (Lipinski definition) is 3. The van der Waals surface area contributed by atoms with Crippen molar-refractivity contribution in [1.29, 1.82) is 0 Å². The Balaban J connectivity index is 1.35. The van der Waals surface area contributed by atoms with Crippen LogP contribution in [-0.4, -0.2) is 29.0 Å². The first-order valence-electron chi connectivity index (χ1n) is 9.47. The predicted octanol–water partition coefficient (Wildman–Crippen LogP) is 4.78. The van der Waals surface area contributed by atoms with Gasteiger partial charge in [-0.2, -0.15) is 0 Å². The van der Waals surface area contributed by atoms with Crippen LogP contribution in [-0.2, 0) is 11.2 Å². The highest BCUT2D eigenvalue weighted by Gasteiger charge is 2.14. The number of carbonyl (C=O) groups excluding carboxylic acids is 1. The number of aromatic amines is 1. The van der Waals surface area contributed by atoms with Crippen molar-refractivity contribution in [2.24, 2.45) is 0 Å². The monoisotopic (exact) mass is 382 g/mol. The van der Waals surface area contributed by atoms with E-state index in [0.717, 1.165) is 41.3 Å². The zero-order valence-corrected chi connectivity index (χ0v) is 15.9. The van der Waals surface area contributed by atoms with Crippen LogP contribution >= 0.6 is 11.6 Å². The van der Waals surface area contributed by atoms with E-state index in [4.69, 9.17) is 11.6 Å². The summed E-state index contributed by atoms with van der Waals surface area (Å²) in [6.45, 7) is 2.09. The molecule has 6 heteroatoms. The molecule has 0 atom stereocenters. The summed E-state index contributed by atoms with van der Waals surface area (Å²) in [6.07, 6.45) is 4.63. The maximum Gasteiger partial charge on any atom is 0.224 e. The van der Waals surface area contributed by atoms with Crippen LogP contribution in [0, 0.1) is 0 Å². The molecule has 3 aromatic rings. The average molecular weight is 383 g/mol. The molecule has 0 spiro atoms. The second kappa shape index (κ2) is 8.01. The lowest BCUT2D eigenvalue weighted by Crippen LogP contribution is -2.29. The quantitative estimate of drug-likeness (QED) is 0.667. The van der Waals surface area contributed by atoms with Crippen LogP contribution in [0.15, 0.2) is 42.5 Å². The lowest BCUT2D eigenvalue weighted by Gasteiger charge is -2.29. The molecule has 2 aromatic carbocycles. The Kier molecular flexibility index (Phi) is 5.30. The summed E-state index contributed by atoms with van der Waals surface area (Å²) in [5.41, 5.74) is 3.70. The number of H-pyrrole nitrogens is 1. The van der Waals surface area contributed by atoms with Crippen LogP contribution < -0.4 is 10.2 Å². The molecule has 0 unspecified atom stereocenters. The van der Waals surface area contributed by atoms with Gasteiger partial charge in [-0.25, -0.2) is 4.98 Å². The third-order valence-corrected chi connectivity index (χ3v) is 5.26. The number of hydrogen-bond donors (Lipinski definition) is 2. The van der Waals surface area contributed by atoms with Crippen LogP contribution in [0.3, 0.4) is 0 Å². The van der Waals surface area contributed by atoms with Crippen LogP contribution in [0.25, 0.3) is 11.0 Å². The van der Waals surface area contributed by atoms with Crippen molar-refractivity contribution < 1.29 is 4.79 Å². The van der Waals surface area contributed by atoms with Crippen molar-refractivity contribution >= 4 is 39.9 Å². The summed E-state index contributed by atoms with van der Waals surface area (Å²) < 4.78 is 0. The Morgan fingerprint density at radius 3 is 2.74 bits per heavy atom. The number of para-hydroxylation sites is 2. The van der Waals surface area contributed by atoms with Gasteiger partial charge in [-0.05, 0) is 49.6 Å². The van der Waals surface area contributed by atoms with Gasteiger partial charge in [-0.3, -0.25) is 4.79 Å². The third-order valence-electron chi connectivity index (χ3n) is 4.96. The Morgan fingerprint density at radius 2 is 1.96 bits per heavy atom. The fraction of sp³-hybridized carbons (Fsp3) is 0.333. The minimum absolute atomic E-state index is 0.0442. The van der Waals surface area contributed by atoms with E-state index >= 15 is 0 Å². The number of imidazole rings is 1. The van der Waals surface area contributed by atoms with Crippen LogP contribution in [0.4, 0.5) is 11.4 Å². The van der Waals surface area contributed by atoms with E-state index in [2.05, 4.69) is 20.2 Å².